The average Bonchev–Trinajstić information content (AvgIpc) is 2.36. The first-order valence-corrected chi connectivity index (χ1v) is 6.10. The maximum absolute atomic E-state index is 13.9. The van der Waals surface area contributed by atoms with Crippen molar-refractivity contribution < 1.29 is 9.31 Å². The molecule has 0 fully saturated rings. The summed E-state index contributed by atoms with van der Waals surface area (Å²) in [6.45, 7) is 4.07. The van der Waals surface area contributed by atoms with Crippen molar-refractivity contribution in [2.45, 2.75) is 32.7 Å². The highest BCUT2D eigenvalue weighted by atomic mass is 19.1. The lowest BCUT2D eigenvalue weighted by atomic mass is 9.90. The lowest BCUT2D eigenvalue weighted by molar-refractivity contribution is -0.387. The predicted molar refractivity (Wildman–Crippen MR) is 69.1 cm³/mol. The third-order valence-electron chi connectivity index (χ3n) is 3.42. The highest BCUT2D eigenvalue weighted by Crippen LogP contribution is 2.24. The van der Waals surface area contributed by atoms with Gasteiger partial charge in [0.25, 0.3) is 0 Å². The molecule has 0 bridgehead atoms. The van der Waals surface area contributed by atoms with Gasteiger partial charge in [0.1, 0.15) is 0 Å². The summed E-state index contributed by atoms with van der Waals surface area (Å²) < 4.78 is 13.9. The Hall–Kier alpha value is -1.49. The minimum atomic E-state index is -0.704. The molecule has 1 aromatic rings. The van der Waals surface area contributed by atoms with Crippen LogP contribution < -0.4 is 5.32 Å². The minimum Gasteiger partial charge on any atom is -0.317 e. The van der Waals surface area contributed by atoms with E-state index in [9.17, 15) is 14.5 Å². The van der Waals surface area contributed by atoms with Gasteiger partial charge in [-0.3, -0.25) is 10.1 Å². The SMILES string of the molecule is CCC(Cc1cccc([N+](=O)[O-])c1F)C(C)NC. The molecule has 1 rings (SSSR count). The molecule has 18 heavy (non-hydrogen) atoms. The molecule has 0 heterocycles. The summed E-state index contributed by atoms with van der Waals surface area (Å²) in [6.07, 6.45) is 1.40. The second kappa shape index (κ2) is 6.44. The van der Waals surface area contributed by atoms with Crippen LogP contribution in [0.4, 0.5) is 10.1 Å². The largest absolute Gasteiger partial charge is 0.317 e. The smallest absolute Gasteiger partial charge is 0.305 e. The molecule has 1 N–H and O–H groups in total. The summed E-state index contributed by atoms with van der Waals surface area (Å²) >= 11 is 0. The van der Waals surface area contributed by atoms with E-state index in [-0.39, 0.29) is 12.0 Å². The molecule has 0 radical (unpaired) electrons. The van der Waals surface area contributed by atoms with Crippen LogP contribution in [0.2, 0.25) is 0 Å². The van der Waals surface area contributed by atoms with Crippen LogP contribution in [0.25, 0.3) is 0 Å². The van der Waals surface area contributed by atoms with Crippen LogP contribution in [-0.2, 0) is 6.42 Å². The topological polar surface area (TPSA) is 55.2 Å². The summed E-state index contributed by atoms with van der Waals surface area (Å²) in [6, 6.07) is 4.59. The summed E-state index contributed by atoms with van der Waals surface area (Å²) in [7, 11) is 1.86. The molecule has 2 atom stereocenters. The highest BCUT2D eigenvalue weighted by Gasteiger charge is 2.21. The van der Waals surface area contributed by atoms with Crippen LogP contribution in [0.15, 0.2) is 18.2 Å². The molecular weight excluding hydrogens is 235 g/mol. The van der Waals surface area contributed by atoms with Crippen LogP contribution in [0.5, 0.6) is 0 Å². The van der Waals surface area contributed by atoms with Crippen molar-refractivity contribution >= 4 is 5.69 Å². The van der Waals surface area contributed by atoms with Gasteiger partial charge in [-0.1, -0.05) is 25.5 Å². The number of nitro groups is 1. The van der Waals surface area contributed by atoms with Gasteiger partial charge in [-0.25, -0.2) is 0 Å². The summed E-state index contributed by atoms with van der Waals surface area (Å²) in [5.74, 6) is -0.448. The van der Waals surface area contributed by atoms with E-state index >= 15 is 0 Å². The van der Waals surface area contributed by atoms with Crippen LogP contribution >= 0.6 is 0 Å². The van der Waals surface area contributed by atoms with Crippen molar-refractivity contribution in [3.05, 3.63) is 39.7 Å². The Labute approximate surface area is 106 Å². The van der Waals surface area contributed by atoms with E-state index in [0.29, 0.717) is 12.0 Å². The molecule has 0 aromatic heterocycles. The molecule has 0 aliphatic carbocycles. The number of halogens is 1. The van der Waals surface area contributed by atoms with Crippen molar-refractivity contribution in [2.24, 2.45) is 5.92 Å². The third-order valence-corrected chi connectivity index (χ3v) is 3.42. The fourth-order valence-electron chi connectivity index (χ4n) is 2.06. The van der Waals surface area contributed by atoms with E-state index in [1.165, 1.54) is 12.1 Å². The van der Waals surface area contributed by atoms with E-state index in [0.717, 1.165) is 6.42 Å². The van der Waals surface area contributed by atoms with Crippen molar-refractivity contribution in [1.29, 1.82) is 0 Å². The molecule has 1 aromatic carbocycles. The van der Waals surface area contributed by atoms with E-state index in [4.69, 9.17) is 0 Å². The molecule has 0 amide bonds. The van der Waals surface area contributed by atoms with E-state index < -0.39 is 16.4 Å². The van der Waals surface area contributed by atoms with Gasteiger partial charge < -0.3 is 5.32 Å². The summed E-state index contributed by atoms with van der Waals surface area (Å²) in [4.78, 5) is 9.99. The van der Waals surface area contributed by atoms with Gasteiger partial charge in [0.15, 0.2) is 0 Å². The van der Waals surface area contributed by atoms with Gasteiger partial charge in [-0.15, -0.1) is 0 Å². The van der Waals surface area contributed by atoms with Gasteiger partial charge in [0, 0.05) is 12.1 Å². The van der Waals surface area contributed by atoms with Crippen LogP contribution in [0.3, 0.4) is 0 Å². The Morgan fingerprint density at radius 2 is 2.17 bits per heavy atom. The second-order valence-corrected chi connectivity index (χ2v) is 4.46. The highest BCUT2D eigenvalue weighted by molar-refractivity contribution is 5.37. The molecule has 0 saturated heterocycles. The zero-order valence-corrected chi connectivity index (χ0v) is 10.9. The first kappa shape index (κ1) is 14.6. The van der Waals surface area contributed by atoms with Crippen LogP contribution in [-0.4, -0.2) is 18.0 Å². The fourth-order valence-corrected chi connectivity index (χ4v) is 2.06. The van der Waals surface area contributed by atoms with Crippen LogP contribution in [0.1, 0.15) is 25.8 Å². The molecule has 2 unspecified atom stereocenters. The maximum atomic E-state index is 13.9. The number of nitrogens with zero attached hydrogens (tertiary/aromatic N) is 1. The molecular formula is C13H19FN2O2. The van der Waals surface area contributed by atoms with Crippen molar-refractivity contribution in [3.8, 4) is 0 Å². The zero-order valence-electron chi connectivity index (χ0n) is 10.9. The van der Waals surface area contributed by atoms with Gasteiger partial charge in [-0.2, -0.15) is 4.39 Å². The zero-order chi connectivity index (χ0) is 13.7. The van der Waals surface area contributed by atoms with Crippen molar-refractivity contribution in [2.75, 3.05) is 7.05 Å². The molecule has 4 nitrogen and oxygen atoms in total. The Morgan fingerprint density at radius 3 is 2.67 bits per heavy atom. The lowest BCUT2D eigenvalue weighted by Crippen LogP contribution is -2.31. The van der Waals surface area contributed by atoms with Gasteiger partial charge in [0.05, 0.1) is 4.92 Å². The minimum absolute atomic E-state index is 0.244. The number of nitro benzene ring substituents is 1. The molecule has 0 spiro atoms. The Balaban J connectivity index is 2.96. The predicted octanol–water partition coefficient (Wildman–Crippen LogP) is 2.91. The van der Waals surface area contributed by atoms with E-state index in [1.807, 2.05) is 20.9 Å². The molecule has 100 valence electrons. The van der Waals surface area contributed by atoms with Crippen molar-refractivity contribution in [3.63, 3.8) is 0 Å². The second-order valence-electron chi connectivity index (χ2n) is 4.46. The normalized spacial score (nSPS) is 14.2. The first-order chi connectivity index (χ1) is 8.51. The monoisotopic (exact) mass is 254 g/mol. The number of nitrogens with one attached hydrogen (secondary N) is 1. The van der Waals surface area contributed by atoms with Gasteiger partial charge in [0.2, 0.25) is 5.82 Å². The molecule has 5 heteroatoms. The van der Waals surface area contributed by atoms with Gasteiger partial charge in [-0.05, 0) is 31.9 Å². The Kier molecular flexibility index (Phi) is 5.22. The molecule has 0 aliphatic rings. The summed E-state index contributed by atoms with van der Waals surface area (Å²) in [5, 5.41) is 13.8. The number of hydrogen-bond donors (Lipinski definition) is 1. The van der Waals surface area contributed by atoms with Crippen LogP contribution in [0, 0.1) is 21.8 Å². The quantitative estimate of drug-likeness (QED) is 0.627. The standard InChI is InChI=1S/C13H19FN2O2/c1-4-10(9(2)15-3)8-11-6-5-7-12(13(11)14)16(17)18/h5-7,9-10,15H,4,8H2,1-3H3. The maximum Gasteiger partial charge on any atom is 0.305 e. The number of benzene rings is 1. The van der Waals surface area contributed by atoms with Gasteiger partial charge >= 0.3 is 5.69 Å². The van der Waals surface area contributed by atoms with Crippen molar-refractivity contribution in [1.82, 2.24) is 5.32 Å². The molecule has 0 aliphatic heterocycles. The Morgan fingerprint density at radius 1 is 1.50 bits per heavy atom. The van der Waals surface area contributed by atoms with E-state index in [1.54, 1.807) is 6.07 Å². The summed E-state index contributed by atoms with van der Waals surface area (Å²) in [5.41, 5.74) is -0.0300. The number of rotatable bonds is 6. The van der Waals surface area contributed by atoms with E-state index in [2.05, 4.69) is 5.32 Å². The first-order valence-electron chi connectivity index (χ1n) is 6.10. The third kappa shape index (κ3) is 3.26. The average molecular weight is 254 g/mol. The lowest BCUT2D eigenvalue weighted by Gasteiger charge is -2.22. The Bertz CT molecular complexity index is 423. The number of hydrogen-bond acceptors (Lipinski definition) is 3. The molecule has 0 saturated carbocycles. The fraction of sp³-hybridized carbons (Fsp3) is 0.538.